The predicted molar refractivity (Wildman–Crippen MR) is 104 cm³/mol. The molecule has 6 heteroatoms. The average molecular weight is 380 g/mol. The number of nitrogens with one attached hydrogen (secondary N) is 1. The maximum Gasteiger partial charge on any atom is 0.245 e. The van der Waals surface area contributed by atoms with Crippen molar-refractivity contribution < 1.29 is 19.1 Å². The molecule has 146 valence electrons. The van der Waals surface area contributed by atoms with Gasteiger partial charge in [0.1, 0.15) is 6.04 Å². The molecule has 2 aliphatic heterocycles. The van der Waals surface area contributed by atoms with Gasteiger partial charge in [-0.05, 0) is 41.7 Å². The first kappa shape index (κ1) is 18.3. The number of fused-ring (bicyclic) bond motifs is 1. The average Bonchev–Trinajstić information content (AvgIpc) is 3.18. The lowest BCUT2D eigenvalue weighted by atomic mass is 9.87. The third kappa shape index (κ3) is 3.19. The van der Waals surface area contributed by atoms with Crippen molar-refractivity contribution in [1.82, 2.24) is 10.2 Å². The maximum atomic E-state index is 13.3. The van der Waals surface area contributed by atoms with E-state index in [4.69, 9.17) is 9.47 Å². The van der Waals surface area contributed by atoms with Crippen molar-refractivity contribution in [2.24, 2.45) is 0 Å². The van der Waals surface area contributed by atoms with Gasteiger partial charge in [-0.3, -0.25) is 9.59 Å². The fraction of sp³-hybridized carbons (Fsp3) is 0.364. The molecule has 2 atom stereocenters. The molecule has 2 aliphatic rings. The van der Waals surface area contributed by atoms with Crippen LogP contribution in [0.15, 0.2) is 42.5 Å². The number of carbonyl (C=O) groups excluding carboxylic acids is 2. The molecule has 2 unspecified atom stereocenters. The van der Waals surface area contributed by atoms with Gasteiger partial charge in [-0.15, -0.1) is 0 Å². The Morgan fingerprint density at radius 1 is 1.07 bits per heavy atom. The fourth-order valence-corrected chi connectivity index (χ4v) is 4.18. The zero-order valence-electron chi connectivity index (χ0n) is 16.1. The summed E-state index contributed by atoms with van der Waals surface area (Å²) in [6.45, 7) is 0.591. The number of hydrogen-bond acceptors (Lipinski definition) is 4. The van der Waals surface area contributed by atoms with Crippen LogP contribution >= 0.6 is 0 Å². The van der Waals surface area contributed by atoms with Gasteiger partial charge in [-0.25, -0.2) is 0 Å². The highest BCUT2D eigenvalue weighted by Crippen LogP contribution is 2.41. The Morgan fingerprint density at radius 2 is 1.79 bits per heavy atom. The van der Waals surface area contributed by atoms with E-state index in [-0.39, 0.29) is 17.9 Å². The molecule has 4 rings (SSSR count). The van der Waals surface area contributed by atoms with Crippen molar-refractivity contribution in [2.75, 3.05) is 20.8 Å². The SMILES string of the molecule is COc1cc2c(cc1OC)C(c1ccccc1)N(C(=O)C1CCC(=O)N1)CC2. The van der Waals surface area contributed by atoms with Crippen molar-refractivity contribution in [2.45, 2.75) is 31.3 Å². The van der Waals surface area contributed by atoms with Crippen LogP contribution in [0.1, 0.15) is 35.6 Å². The first-order valence-electron chi connectivity index (χ1n) is 9.52. The summed E-state index contributed by atoms with van der Waals surface area (Å²) in [5.41, 5.74) is 3.21. The molecule has 0 spiro atoms. The molecule has 0 aromatic heterocycles. The highest BCUT2D eigenvalue weighted by atomic mass is 16.5. The lowest BCUT2D eigenvalue weighted by Crippen LogP contribution is -2.48. The molecule has 2 amide bonds. The lowest BCUT2D eigenvalue weighted by Gasteiger charge is -2.39. The fourth-order valence-electron chi connectivity index (χ4n) is 4.18. The summed E-state index contributed by atoms with van der Waals surface area (Å²) in [7, 11) is 3.24. The van der Waals surface area contributed by atoms with Crippen LogP contribution in [-0.4, -0.2) is 43.5 Å². The maximum absolute atomic E-state index is 13.3. The second kappa shape index (κ2) is 7.54. The highest BCUT2D eigenvalue weighted by molar-refractivity contribution is 5.91. The van der Waals surface area contributed by atoms with Gasteiger partial charge in [-0.1, -0.05) is 30.3 Å². The predicted octanol–water partition coefficient (Wildman–Crippen LogP) is 2.46. The van der Waals surface area contributed by atoms with E-state index < -0.39 is 6.04 Å². The van der Waals surface area contributed by atoms with Crippen LogP contribution < -0.4 is 14.8 Å². The van der Waals surface area contributed by atoms with E-state index in [1.54, 1.807) is 14.2 Å². The molecule has 0 aliphatic carbocycles. The smallest absolute Gasteiger partial charge is 0.245 e. The summed E-state index contributed by atoms with van der Waals surface area (Å²) in [5.74, 6) is 1.25. The minimum atomic E-state index is -0.444. The van der Waals surface area contributed by atoms with E-state index in [0.717, 1.165) is 23.1 Å². The van der Waals surface area contributed by atoms with E-state index >= 15 is 0 Å². The summed E-state index contributed by atoms with van der Waals surface area (Å²) >= 11 is 0. The first-order valence-corrected chi connectivity index (χ1v) is 9.52. The van der Waals surface area contributed by atoms with Gasteiger partial charge in [-0.2, -0.15) is 0 Å². The number of amides is 2. The number of ether oxygens (including phenoxy) is 2. The molecule has 1 fully saturated rings. The molecule has 1 N–H and O–H groups in total. The summed E-state index contributed by atoms with van der Waals surface area (Å²) in [4.78, 5) is 26.8. The van der Waals surface area contributed by atoms with Gasteiger partial charge in [0.05, 0.1) is 20.3 Å². The Morgan fingerprint density at radius 3 is 2.43 bits per heavy atom. The van der Waals surface area contributed by atoms with Gasteiger partial charge >= 0.3 is 0 Å². The summed E-state index contributed by atoms with van der Waals surface area (Å²) < 4.78 is 11.0. The Balaban J connectivity index is 1.79. The molecule has 0 radical (unpaired) electrons. The molecule has 0 bridgehead atoms. The van der Waals surface area contributed by atoms with Gasteiger partial charge in [0.2, 0.25) is 11.8 Å². The summed E-state index contributed by atoms with van der Waals surface area (Å²) in [5, 5.41) is 2.81. The molecule has 2 aromatic rings. The van der Waals surface area contributed by atoms with Gasteiger partial charge in [0.25, 0.3) is 0 Å². The summed E-state index contributed by atoms with van der Waals surface area (Å²) in [6, 6.07) is 13.3. The second-order valence-electron chi connectivity index (χ2n) is 7.16. The van der Waals surface area contributed by atoms with Crippen molar-refractivity contribution >= 4 is 11.8 Å². The standard InChI is InChI=1S/C22H24N2O4/c1-27-18-12-15-10-11-24(22(26)17-8-9-20(25)23-17)21(14-6-4-3-5-7-14)16(15)13-19(18)28-2/h3-7,12-13,17,21H,8-11H2,1-2H3,(H,23,25). The molecule has 0 saturated carbocycles. The van der Waals surface area contributed by atoms with Crippen molar-refractivity contribution in [3.05, 3.63) is 59.2 Å². The topological polar surface area (TPSA) is 67.9 Å². The Bertz CT molecular complexity index is 897. The van der Waals surface area contributed by atoms with Crippen LogP contribution in [0.4, 0.5) is 0 Å². The molecular formula is C22H24N2O4. The van der Waals surface area contributed by atoms with Gasteiger partial charge in [0, 0.05) is 13.0 Å². The largest absolute Gasteiger partial charge is 0.493 e. The Hall–Kier alpha value is -3.02. The number of benzene rings is 2. The molecule has 2 heterocycles. The first-order chi connectivity index (χ1) is 13.6. The second-order valence-corrected chi connectivity index (χ2v) is 7.16. The lowest BCUT2D eigenvalue weighted by molar-refractivity contribution is -0.136. The van der Waals surface area contributed by atoms with E-state index in [9.17, 15) is 9.59 Å². The van der Waals surface area contributed by atoms with Crippen LogP contribution in [0.3, 0.4) is 0 Å². The van der Waals surface area contributed by atoms with Crippen LogP contribution in [0.2, 0.25) is 0 Å². The third-order valence-electron chi connectivity index (χ3n) is 5.57. The van der Waals surface area contributed by atoms with Crippen molar-refractivity contribution in [1.29, 1.82) is 0 Å². The minimum Gasteiger partial charge on any atom is -0.493 e. The molecule has 1 saturated heterocycles. The Kier molecular flexibility index (Phi) is 4.94. The number of nitrogens with zero attached hydrogens (tertiary/aromatic N) is 1. The van der Waals surface area contributed by atoms with Crippen LogP contribution in [-0.2, 0) is 16.0 Å². The number of rotatable bonds is 4. The number of hydrogen-bond donors (Lipinski definition) is 1. The van der Waals surface area contributed by atoms with Gasteiger partial charge in [0.15, 0.2) is 11.5 Å². The van der Waals surface area contributed by atoms with E-state index in [2.05, 4.69) is 5.32 Å². The van der Waals surface area contributed by atoms with Crippen molar-refractivity contribution in [3.63, 3.8) is 0 Å². The zero-order valence-corrected chi connectivity index (χ0v) is 16.1. The normalized spacial score (nSPS) is 21.1. The molecule has 28 heavy (non-hydrogen) atoms. The minimum absolute atomic E-state index is 0.0277. The number of methoxy groups -OCH3 is 2. The highest BCUT2D eigenvalue weighted by Gasteiger charge is 2.38. The van der Waals surface area contributed by atoms with Crippen LogP contribution in [0.25, 0.3) is 0 Å². The number of carbonyl (C=O) groups is 2. The van der Waals surface area contributed by atoms with E-state index in [0.29, 0.717) is 30.9 Å². The zero-order chi connectivity index (χ0) is 19.7. The Labute approximate surface area is 164 Å². The monoisotopic (exact) mass is 380 g/mol. The van der Waals surface area contributed by atoms with Crippen molar-refractivity contribution in [3.8, 4) is 11.5 Å². The molecule has 6 nitrogen and oxygen atoms in total. The molecule has 2 aromatic carbocycles. The third-order valence-corrected chi connectivity index (χ3v) is 5.57. The van der Waals surface area contributed by atoms with Gasteiger partial charge < -0.3 is 19.7 Å². The van der Waals surface area contributed by atoms with Crippen LogP contribution in [0, 0.1) is 0 Å². The molecular weight excluding hydrogens is 356 g/mol. The van der Waals surface area contributed by atoms with Crippen LogP contribution in [0.5, 0.6) is 11.5 Å². The van der Waals surface area contributed by atoms with E-state index in [1.807, 2.05) is 47.4 Å². The van der Waals surface area contributed by atoms with E-state index in [1.165, 1.54) is 0 Å². The summed E-state index contributed by atoms with van der Waals surface area (Å²) in [6.07, 6.45) is 1.68. The quantitative estimate of drug-likeness (QED) is 0.885.